The number of unbranched alkanes of at least 4 members (excludes halogenated alkanes) is 1. The number of nitrogens with zero attached hydrogens (tertiary/aromatic N) is 1. The number of amides is 2. The van der Waals surface area contributed by atoms with Crippen molar-refractivity contribution in [3.05, 3.63) is 59.7 Å². The molecule has 0 aromatic heterocycles. The number of aryl methyl sites for hydroxylation is 1. The second kappa shape index (κ2) is 9.37. The minimum atomic E-state index is -0.414. The van der Waals surface area contributed by atoms with Crippen LogP contribution in [-0.2, 0) is 14.3 Å². The molecule has 6 nitrogen and oxygen atoms in total. The topological polar surface area (TPSA) is 75.7 Å². The maximum Gasteiger partial charge on any atom is 0.338 e. The van der Waals surface area contributed by atoms with E-state index in [4.69, 9.17) is 4.74 Å². The van der Waals surface area contributed by atoms with Crippen LogP contribution in [0.1, 0.15) is 42.1 Å². The molecule has 1 atom stereocenters. The summed E-state index contributed by atoms with van der Waals surface area (Å²) >= 11 is 0. The van der Waals surface area contributed by atoms with Gasteiger partial charge in [0.1, 0.15) is 0 Å². The van der Waals surface area contributed by atoms with E-state index in [2.05, 4.69) is 5.32 Å². The lowest BCUT2D eigenvalue weighted by molar-refractivity contribution is -0.122. The highest BCUT2D eigenvalue weighted by molar-refractivity contribution is 6.03. The van der Waals surface area contributed by atoms with Gasteiger partial charge in [-0.1, -0.05) is 31.0 Å². The van der Waals surface area contributed by atoms with Crippen molar-refractivity contribution in [2.45, 2.75) is 33.1 Å². The molecule has 0 spiro atoms. The smallest absolute Gasteiger partial charge is 0.338 e. The first-order valence-electron chi connectivity index (χ1n) is 9.93. The Morgan fingerprint density at radius 2 is 1.79 bits per heavy atom. The second-order valence-electron chi connectivity index (χ2n) is 7.30. The summed E-state index contributed by atoms with van der Waals surface area (Å²) in [5.74, 6) is -1.04. The third kappa shape index (κ3) is 5.22. The molecule has 2 aromatic rings. The van der Waals surface area contributed by atoms with Gasteiger partial charge in [-0.25, -0.2) is 4.79 Å². The lowest BCUT2D eigenvalue weighted by atomic mass is 10.1. The van der Waals surface area contributed by atoms with Crippen molar-refractivity contribution in [2.24, 2.45) is 5.92 Å². The molecular weight excluding hydrogens is 368 g/mol. The zero-order chi connectivity index (χ0) is 20.8. The number of anilines is 2. The fourth-order valence-corrected chi connectivity index (χ4v) is 3.18. The number of carbonyl (C=O) groups excluding carboxylic acids is 3. The maximum absolute atomic E-state index is 12.6. The van der Waals surface area contributed by atoms with Gasteiger partial charge in [0.15, 0.2) is 0 Å². The number of carbonyl (C=O) groups is 3. The number of esters is 1. The molecule has 1 fully saturated rings. The van der Waals surface area contributed by atoms with Crippen molar-refractivity contribution in [1.29, 1.82) is 0 Å². The summed E-state index contributed by atoms with van der Waals surface area (Å²) in [6.45, 7) is 4.78. The minimum Gasteiger partial charge on any atom is -0.462 e. The molecule has 0 bridgehead atoms. The van der Waals surface area contributed by atoms with Crippen LogP contribution < -0.4 is 10.2 Å². The third-order valence-corrected chi connectivity index (χ3v) is 4.96. The van der Waals surface area contributed by atoms with Crippen LogP contribution in [0.2, 0.25) is 0 Å². The first-order valence-corrected chi connectivity index (χ1v) is 9.93. The molecule has 1 aliphatic rings. The van der Waals surface area contributed by atoms with Crippen LogP contribution in [0.4, 0.5) is 11.4 Å². The number of hydrogen-bond donors (Lipinski definition) is 1. The fourth-order valence-electron chi connectivity index (χ4n) is 3.18. The molecule has 3 rings (SSSR count). The number of nitrogens with one attached hydrogen (secondary N) is 1. The van der Waals surface area contributed by atoms with Crippen LogP contribution in [0.15, 0.2) is 48.5 Å². The monoisotopic (exact) mass is 394 g/mol. The zero-order valence-corrected chi connectivity index (χ0v) is 16.8. The molecule has 0 radical (unpaired) electrons. The Labute approximate surface area is 170 Å². The van der Waals surface area contributed by atoms with Crippen LogP contribution in [0.3, 0.4) is 0 Å². The summed E-state index contributed by atoms with van der Waals surface area (Å²) in [5, 5.41) is 2.83. The molecule has 0 unspecified atom stereocenters. The summed E-state index contributed by atoms with van der Waals surface area (Å²) in [5.41, 5.74) is 2.95. The van der Waals surface area contributed by atoms with E-state index in [0.717, 1.165) is 24.1 Å². The molecule has 0 saturated carbocycles. The highest BCUT2D eigenvalue weighted by atomic mass is 16.5. The molecule has 0 aliphatic carbocycles. The molecule has 1 saturated heterocycles. The second-order valence-corrected chi connectivity index (χ2v) is 7.30. The predicted octanol–water partition coefficient (Wildman–Crippen LogP) is 3.94. The molecule has 1 aliphatic heterocycles. The largest absolute Gasteiger partial charge is 0.462 e. The molecule has 29 heavy (non-hydrogen) atoms. The lowest BCUT2D eigenvalue weighted by Gasteiger charge is -2.17. The van der Waals surface area contributed by atoms with Gasteiger partial charge in [0.25, 0.3) is 0 Å². The Kier molecular flexibility index (Phi) is 6.65. The highest BCUT2D eigenvalue weighted by Gasteiger charge is 2.35. The Hall–Kier alpha value is -3.15. The summed E-state index contributed by atoms with van der Waals surface area (Å²) in [6, 6.07) is 14.3. The number of rotatable bonds is 7. The van der Waals surface area contributed by atoms with Gasteiger partial charge in [0.05, 0.1) is 18.1 Å². The van der Waals surface area contributed by atoms with Crippen LogP contribution >= 0.6 is 0 Å². The van der Waals surface area contributed by atoms with Crippen molar-refractivity contribution in [3.8, 4) is 0 Å². The number of ether oxygens (including phenoxy) is 1. The van der Waals surface area contributed by atoms with Crippen LogP contribution in [0.5, 0.6) is 0 Å². The molecule has 1 heterocycles. The van der Waals surface area contributed by atoms with E-state index >= 15 is 0 Å². The lowest BCUT2D eigenvalue weighted by Crippen LogP contribution is -2.28. The number of hydrogen-bond acceptors (Lipinski definition) is 4. The molecular formula is C23H26N2O4. The summed E-state index contributed by atoms with van der Waals surface area (Å²) in [6.07, 6.45) is 1.98. The molecule has 1 N–H and O–H groups in total. The standard InChI is InChI=1S/C23H26N2O4/c1-3-4-13-29-23(28)17-7-9-19(10-8-17)24-22(27)18-14-21(26)25(15-18)20-11-5-16(2)6-12-20/h5-12,18H,3-4,13-15H2,1-2H3,(H,24,27)/t18-/m0/s1. The summed E-state index contributed by atoms with van der Waals surface area (Å²) < 4.78 is 5.17. The summed E-state index contributed by atoms with van der Waals surface area (Å²) in [7, 11) is 0. The van der Waals surface area contributed by atoms with Gasteiger partial charge >= 0.3 is 5.97 Å². The first kappa shape index (κ1) is 20.6. The van der Waals surface area contributed by atoms with Gasteiger partial charge in [-0.2, -0.15) is 0 Å². The van der Waals surface area contributed by atoms with Gasteiger partial charge in [-0.15, -0.1) is 0 Å². The van der Waals surface area contributed by atoms with Gasteiger partial charge in [0.2, 0.25) is 11.8 Å². The van der Waals surface area contributed by atoms with E-state index in [0.29, 0.717) is 24.4 Å². The van der Waals surface area contributed by atoms with Gasteiger partial charge in [0, 0.05) is 24.3 Å². The quantitative estimate of drug-likeness (QED) is 0.570. The van der Waals surface area contributed by atoms with E-state index in [9.17, 15) is 14.4 Å². The van der Waals surface area contributed by atoms with E-state index < -0.39 is 5.92 Å². The normalized spacial score (nSPS) is 16.0. The Bertz CT molecular complexity index is 875. The summed E-state index contributed by atoms with van der Waals surface area (Å²) in [4.78, 5) is 38.5. The van der Waals surface area contributed by atoms with E-state index in [1.807, 2.05) is 38.1 Å². The maximum atomic E-state index is 12.6. The SMILES string of the molecule is CCCCOC(=O)c1ccc(NC(=O)[C@H]2CC(=O)N(c3ccc(C)cc3)C2)cc1. The van der Waals surface area contributed by atoms with E-state index in [-0.39, 0.29) is 24.2 Å². The van der Waals surface area contributed by atoms with Crippen molar-refractivity contribution in [3.63, 3.8) is 0 Å². The van der Waals surface area contributed by atoms with Gasteiger partial charge < -0.3 is 15.0 Å². The predicted molar refractivity (Wildman–Crippen MR) is 112 cm³/mol. The van der Waals surface area contributed by atoms with Crippen molar-refractivity contribution in [1.82, 2.24) is 0 Å². The van der Waals surface area contributed by atoms with Crippen molar-refractivity contribution < 1.29 is 19.1 Å². The van der Waals surface area contributed by atoms with Crippen LogP contribution in [0, 0.1) is 12.8 Å². The molecule has 2 aromatic carbocycles. The molecule has 152 valence electrons. The zero-order valence-electron chi connectivity index (χ0n) is 16.8. The van der Waals surface area contributed by atoms with Crippen LogP contribution in [0.25, 0.3) is 0 Å². The Balaban J connectivity index is 1.57. The van der Waals surface area contributed by atoms with Crippen molar-refractivity contribution in [2.75, 3.05) is 23.4 Å². The Morgan fingerprint density at radius 1 is 1.10 bits per heavy atom. The molecule has 2 amide bonds. The molecule has 6 heteroatoms. The average molecular weight is 394 g/mol. The van der Waals surface area contributed by atoms with Crippen LogP contribution in [-0.4, -0.2) is 30.9 Å². The minimum absolute atomic E-state index is 0.0563. The van der Waals surface area contributed by atoms with E-state index in [1.54, 1.807) is 29.2 Å². The third-order valence-electron chi connectivity index (χ3n) is 4.96. The first-order chi connectivity index (χ1) is 14.0. The number of benzene rings is 2. The fraction of sp³-hybridized carbons (Fsp3) is 0.348. The van der Waals surface area contributed by atoms with Gasteiger partial charge in [-0.05, 0) is 49.7 Å². The van der Waals surface area contributed by atoms with Crippen molar-refractivity contribution >= 4 is 29.2 Å². The average Bonchev–Trinajstić information content (AvgIpc) is 3.11. The highest BCUT2D eigenvalue weighted by Crippen LogP contribution is 2.26. The van der Waals surface area contributed by atoms with Gasteiger partial charge in [-0.3, -0.25) is 9.59 Å². The Morgan fingerprint density at radius 3 is 2.45 bits per heavy atom. The van der Waals surface area contributed by atoms with E-state index in [1.165, 1.54) is 0 Å².